The molecule has 0 amide bonds. The fourth-order valence-electron chi connectivity index (χ4n) is 1.21. The molecule has 0 aliphatic rings. The van der Waals surface area contributed by atoms with Gasteiger partial charge in [0.25, 0.3) is 0 Å². The molecule has 0 N–H and O–H groups in total. The van der Waals surface area contributed by atoms with Crippen molar-refractivity contribution in [2.75, 3.05) is 24.6 Å². The Morgan fingerprint density at radius 1 is 0.667 bits per heavy atom. The highest BCUT2D eigenvalue weighted by Crippen LogP contribution is 2.15. The van der Waals surface area contributed by atoms with Gasteiger partial charge in [-0.25, -0.2) is 0 Å². The van der Waals surface area contributed by atoms with Crippen LogP contribution in [0.4, 0.5) is 0 Å². The number of unbranched alkanes of at least 4 members (excludes halogenated alkanes) is 3. The topological polar surface area (TPSA) is 0 Å². The Hall–Kier alpha value is 0.860. The second kappa shape index (κ2) is 11.9. The van der Waals surface area contributed by atoms with Gasteiger partial charge in [-0.3, -0.25) is 0 Å². The Labute approximate surface area is 81.9 Å². The van der Waals surface area contributed by atoms with Gasteiger partial charge in [0, 0.05) is 0 Å². The van der Waals surface area contributed by atoms with Crippen molar-refractivity contribution in [3.63, 3.8) is 0 Å². The first-order valence-electron chi connectivity index (χ1n) is 5.33. The van der Waals surface area contributed by atoms with Gasteiger partial charge in [-0.15, -0.1) is 17.2 Å². The largest absolute Gasteiger partial charge is 0.122 e. The number of rotatable bonds is 9. The summed E-state index contributed by atoms with van der Waals surface area (Å²) in [6.07, 6.45) is 11.7. The lowest BCUT2D eigenvalue weighted by Crippen LogP contribution is -1.83. The Bertz CT molecular complexity index is 64.2. The molecule has 0 saturated carbocycles. The third-order valence-electron chi connectivity index (χ3n) is 1.96. The highest BCUT2D eigenvalue weighted by atomic mass is 31.1. The van der Waals surface area contributed by atoms with Crippen LogP contribution in [0.3, 0.4) is 0 Å². The zero-order valence-electron chi connectivity index (χ0n) is 8.66. The molecule has 0 saturated heterocycles. The van der Waals surface area contributed by atoms with E-state index in [1.54, 1.807) is 0 Å². The van der Waals surface area contributed by atoms with Crippen LogP contribution in [0, 0.1) is 0 Å². The van der Waals surface area contributed by atoms with E-state index >= 15 is 0 Å². The van der Waals surface area contributed by atoms with E-state index < -0.39 is 0 Å². The van der Waals surface area contributed by atoms with E-state index in [1.165, 1.54) is 67.5 Å². The van der Waals surface area contributed by atoms with Gasteiger partial charge in [0.1, 0.15) is 0 Å². The van der Waals surface area contributed by atoms with Gasteiger partial charge in [-0.2, -0.15) is 0 Å². The molecule has 0 aliphatic heterocycles. The molecular weight excluding hydrogens is 182 g/mol. The lowest BCUT2D eigenvalue weighted by Gasteiger charge is -2.00. The van der Waals surface area contributed by atoms with Crippen LogP contribution in [0.5, 0.6) is 0 Å². The summed E-state index contributed by atoms with van der Waals surface area (Å²) in [6.45, 7) is 4.58. The average molecular weight is 206 g/mol. The molecule has 0 nitrogen and oxygen atoms in total. The van der Waals surface area contributed by atoms with Crippen molar-refractivity contribution in [3.05, 3.63) is 0 Å². The summed E-state index contributed by atoms with van der Waals surface area (Å²) in [7, 11) is 2.46. The van der Waals surface area contributed by atoms with E-state index in [2.05, 4.69) is 13.8 Å². The summed E-state index contributed by atoms with van der Waals surface area (Å²) in [5.41, 5.74) is 0. The minimum absolute atomic E-state index is 1.23. The van der Waals surface area contributed by atoms with Gasteiger partial charge < -0.3 is 0 Å². The molecule has 0 aliphatic carbocycles. The molecule has 2 unspecified atom stereocenters. The van der Waals surface area contributed by atoms with Gasteiger partial charge >= 0.3 is 0 Å². The molecule has 0 heterocycles. The maximum Gasteiger partial charge on any atom is -0.0354 e. The van der Waals surface area contributed by atoms with Crippen molar-refractivity contribution in [2.24, 2.45) is 0 Å². The van der Waals surface area contributed by atoms with Crippen LogP contribution in [0.15, 0.2) is 0 Å². The smallest absolute Gasteiger partial charge is 0.0354 e. The fraction of sp³-hybridized carbons (Fsp3) is 1.00. The summed E-state index contributed by atoms with van der Waals surface area (Å²) < 4.78 is 0. The third-order valence-corrected chi connectivity index (χ3v) is 4.37. The maximum atomic E-state index is 2.29. The van der Waals surface area contributed by atoms with Crippen molar-refractivity contribution >= 4 is 17.2 Å². The SMILES string of the molecule is CCPCCCCCCPCC. The van der Waals surface area contributed by atoms with Crippen molar-refractivity contribution in [1.29, 1.82) is 0 Å². The molecule has 0 fully saturated rings. The van der Waals surface area contributed by atoms with Gasteiger partial charge in [-0.1, -0.05) is 26.7 Å². The van der Waals surface area contributed by atoms with Crippen LogP contribution in [0.25, 0.3) is 0 Å². The van der Waals surface area contributed by atoms with Crippen LogP contribution < -0.4 is 0 Å². The molecule has 74 valence electrons. The Balaban J connectivity index is 2.73. The summed E-state index contributed by atoms with van der Waals surface area (Å²) in [5, 5.41) is 0. The van der Waals surface area contributed by atoms with Crippen LogP contribution in [0.1, 0.15) is 39.5 Å². The van der Waals surface area contributed by atoms with Crippen LogP contribution in [0.2, 0.25) is 0 Å². The van der Waals surface area contributed by atoms with E-state index in [0.717, 1.165) is 0 Å². The quantitative estimate of drug-likeness (QED) is 0.396. The molecule has 2 atom stereocenters. The van der Waals surface area contributed by atoms with E-state index in [-0.39, 0.29) is 0 Å². The van der Waals surface area contributed by atoms with Crippen LogP contribution in [-0.2, 0) is 0 Å². The zero-order valence-corrected chi connectivity index (χ0v) is 10.7. The van der Waals surface area contributed by atoms with E-state index in [4.69, 9.17) is 0 Å². The monoisotopic (exact) mass is 206 g/mol. The Morgan fingerprint density at radius 3 is 1.42 bits per heavy atom. The molecule has 0 aromatic heterocycles. The van der Waals surface area contributed by atoms with Crippen molar-refractivity contribution in [3.8, 4) is 0 Å². The second-order valence-corrected chi connectivity index (χ2v) is 6.54. The van der Waals surface area contributed by atoms with Gasteiger partial charge in [0.2, 0.25) is 0 Å². The summed E-state index contributed by atoms with van der Waals surface area (Å²) in [4.78, 5) is 0. The number of hydrogen-bond acceptors (Lipinski definition) is 0. The average Bonchev–Trinajstić information content (AvgIpc) is 2.10. The molecule has 12 heavy (non-hydrogen) atoms. The Morgan fingerprint density at radius 2 is 1.08 bits per heavy atom. The first kappa shape index (κ1) is 12.9. The first-order valence-corrected chi connectivity index (χ1v) is 8.16. The van der Waals surface area contributed by atoms with Crippen LogP contribution in [-0.4, -0.2) is 24.6 Å². The first-order chi connectivity index (χ1) is 5.91. The predicted octanol–water partition coefficient (Wildman–Crippen LogP) is 3.94. The van der Waals surface area contributed by atoms with Crippen LogP contribution >= 0.6 is 17.2 Å². The van der Waals surface area contributed by atoms with Gasteiger partial charge in [0.05, 0.1) is 0 Å². The summed E-state index contributed by atoms with van der Waals surface area (Å²) >= 11 is 0. The van der Waals surface area contributed by atoms with Crippen molar-refractivity contribution < 1.29 is 0 Å². The van der Waals surface area contributed by atoms with Gasteiger partial charge in [-0.05, 0) is 37.5 Å². The molecular formula is C10H24P2. The van der Waals surface area contributed by atoms with E-state index in [9.17, 15) is 0 Å². The minimum atomic E-state index is 1.23. The lowest BCUT2D eigenvalue weighted by atomic mass is 10.2. The molecule has 0 rings (SSSR count). The third kappa shape index (κ3) is 10.9. The van der Waals surface area contributed by atoms with E-state index in [0.29, 0.717) is 0 Å². The molecule has 0 spiro atoms. The highest BCUT2D eigenvalue weighted by molar-refractivity contribution is 7.38. The fourth-order valence-corrected chi connectivity index (χ4v) is 2.91. The molecule has 2 heteroatoms. The molecule has 0 aromatic carbocycles. The Kier molecular flexibility index (Phi) is 12.7. The standard InChI is InChI=1S/C10H24P2/c1-3-11-9-7-5-6-8-10-12-4-2/h11-12H,3-10H2,1-2H3. The van der Waals surface area contributed by atoms with E-state index in [1.807, 2.05) is 0 Å². The summed E-state index contributed by atoms with van der Waals surface area (Å²) in [5.74, 6) is 0. The molecule has 0 bridgehead atoms. The number of hydrogen-bond donors (Lipinski definition) is 0. The highest BCUT2D eigenvalue weighted by Gasteiger charge is 1.89. The normalized spacial score (nSPS) is 12.5. The van der Waals surface area contributed by atoms with Crippen molar-refractivity contribution in [1.82, 2.24) is 0 Å². The predicted molar refractivity (Wildman–Crippen MR) is 65.9 cm³/mol. The van der Waals surface area contributed by atoms with Gasteiger partial charge in [0.15, 0.2) is 0 Å². The lowest BCUT2D eigenvalue weighted by molar-refractivity contribution is 0.709. The summed E-state index contributed by atoms with van der Waals surface area (Å²) in [6, 6.07) is 0. The molecule has 0 radical (unpaired) electrons. The minimum Gasteiger partial charge on any atom is -0.122 e. The zero-order chi connectivity index (χ0) is 9.07. The molecule has 0 aromatic rings. The second-order valence-electron chi connectivity index (χ2n) is 3.12. The maximum absolute atomic E-state index is 2.29. The van der Waals surface area contributed by atoms with Crippen molar-refractivity contribution in [2.45, 2.75) is 39.5 Å².